The Bertz CT molecular complexity index is 417. The zero-order valence-electron chi connectivity index (χ0n) is 12.0. The molecule has 0 unspecified atom stereocenters. The molecule has 2 aliphatic rings. The molecule has 1 saturated carbocycles. The van der Waals surface area contributed by atoms with Crippen LogP contribution in [0.3, 0.4) is 0 Å². The monoisotopic (exact) mass is 282 g/mol. The van der Waals surface area contributed by atoms with Gasteiger partial charge in [0.2, 0.25) is 5.12 Å². The van der Waals surface area contributed by atoms with Gasteiger partial charge in [-0.25, -0.2) is 0 Å². The largest absolute Gasteiger partial charge is 0.429 e. The van der Waals surface area contributed by atoms with Crippen molar-refractivity contribution in [2.75, 3.05) is 0 Å². The molecule has 19 heavy (non-hydrogen) atoms. The average Bonchev–Trinajstić information content (AvgIpc) is 2.54. The van der Waals surface area contributed by atoms with E-state index in [9.17, 15) is 9.59 Å². The molecule has 0 aromatic heterocycles. The summed E-state index contributed by atoms with van der Waals surface area (Å²) < 4.78 is 5.35. The third-order valence-electron chi connectivity index (χ3n) is 3.80. The lowest BCUT2D eigenvalue weighted by Gasteiger charge is -2.33. The first kappa shape index (κ1) is 14.6. The van der Waals surface area contributed by atoms with Crippen LogP contribution < -0.4 is 0 Å². The predicted octanol–water partition coefficient (Wildman–Crippen LogP) is 3.83. The lowest BCUT2D eigenvalue weighted by molar-refractivity contribution is -0.141. The molecule has 1 spiro atoms. The zero-order valence-corrected chi connectivity index (χ0v) is 12.8. The van der Waals surface area contributed by atoms with Gasteiger partial charge in [0, 0.05) is 12.0 Å². The molecule has 1 fully saturated rings. The van der Waals surface area contributed by atoms with Crippen molar-refractivity contribution in [2.45, 2.75) is 64.0 Å². The van der Waals surface area contributed by atoms with E-state index in [1.165, 1.54) is 18.2 Å². The smallest absolute Gasteiger partial charge is 0.311 e. The highest BCUT2D eigenvalue weighted by atomic mass is 32.2. The molecule has 3 nitrogen and oxygen atoms in total. The fourth-order valence-corrected chi connectivity index (χ4v) is 4.23. The first-order valence-corrected chi connectivity index (χ1v) is 7.91. The number of hydrogen-bond donors (Lipinski definition) is 0. The average molecular weight is 282 g/mol. The molecule has 106 valence electrons. The maximum Gasteiger partial charge on any atom is 0.311 e. The van der Waals surface area contributed by atoms with E-state index in [0.717, 1.165) is 25.7 Å². The number of thioether (sulfide) groups is 1. The Kier molecular flexibility index (Phi) is 4.39. The van der Waals surface area contributed by atoms with Crippen LogP contribution in [0.5, 0.6) is 0 Å². The number of carbonyl (C=O) groups is 2. The van der Waals surface area contributed by atoms with Gasteiger partial charge in [-0.15, -0.1) is 0 Å². The van der Waals surface area contributed by atoms with E-state index in [4.69, 9.17) is 4.74 Å². The van der Waals surface area contributed by atoms with Crippen LogP contribution >= 0.6 is 11.8 Å². The van der Waals surface area contributed by atoms with Crippen LogP contribution in [-0.2, 0) is 14.3 Å². The molecule has 1 aliphatic carbocycles. The Morgan fingerprint density at radius 3 is 2.53 bits per heavy atom. The van der Waals surface area contributed by atoms with E-state index in [1.807, 2.05) is 13.8 Å². The quantitative estimate of drug-likeness (QED) is 0.738. The van der Waals surface area contributed by atoms with Gasteiger partial charge in [0.1, 0.15) is 5.76 Å². The Labute approximate surface area is 119 Å². The Hall–Kier alpha value is -0.770. The van der Waals surface area contributed by atoms with Crippen LogP contribution in [0.4, 0.5) is 0 Å². The summed E-state index contributed by atoms with van der Waals surface area (Å²) >= 11 is 1.38. The van der Waals surface area contributed by atoms with Crippen molar-refractivity contribution in [1.82, 2.24) is 0 Å². The van der Waals surface area contributed by atoms with Crippen LogP contribution in [-0.4, -0.2) is 15.8 Å². The molecule has 0 amide bonds. The molecule has 0 aromatic rings. The molecule has 4 heteroatoms. The van der Waals surface area contributed by atoms with Gasteiger partial charge in [-0.1, -0.05) is 44.9 Å². The molecule has 0 saturated heterocycles. The van der Waals surface area contributed by atoms with Crippen molar-refractivity contribution < 1.29 is 14.3 Å². The first-order valence-electron chi connectivity index (χ1n) is 7.10. The number of esters is 1. The van der Waals surface area contributed by atoms with Crippen LogP contribution in [0, 0.1) is 5.92 Å². The first-order chi connectivity index (χ1) is 8.94. The van der Waals surface area contributed by atoms with Crippen molar-refractivity contribution in [3.05, 3.63) is 11.3 Å². The number of rotatable bonds is 3. The van der Waals surface area contributed by atoms with Gasteiger partial charge >= 0.3 is 5.97 Å². The Balaban J connectivity index is 2.18. The van der Waals surface area contributed by atoms with E-state index in [-0.39, 0.29) is 21.7 Å². The SMILES string of the molecule is CC1=C(OC(=O)CC(C)C)C2(CCCCC2)SC1=O. The van der Waals surface area contributed by atoms with Gasteiger partial charge in [0.05, 0.1) is 4.75 Å². The number of carbonyl (C=O) groups excluding carboxylic acids is 2. The molecule has 0 radical (unpaired) electrons. The maximum absolute atomic E-state index is 12.0. The molecular formula is C15H22O3S. The second-order valence-corrected chi connectivity index (χ2v) is 7.33. The molecule has 0 aromatic carbocycles. The molecule has 0 N–H and O–H groups in total. The van der Waals surface area contributed by atoms with Crippen LogP contribution in [0.2, 0.25) is 0 Å². The summed E-state index contributed by atoms with van der Waals surface area (Å²) in [7, 11) is 0. The minimum atomic E-state index is -0.244. The van der Waals surface area contributed by atoms with Gasteiger partial charge < -0.3 is 4.74 Å². The topological polar surface area (TPSA) is 43.4 Å². The van der Waals surface area contributed by atoms with Gasteiger partial charge in [-0.05, 0) is 25.7 Å². The summed E-state index contributed by atoms with van der Waals surface area (Å²) in [6.07, 6.45) is 5.74. The van der Waals surface area contributed by atoms with Crippen molar-refractivity contribution in [1.29, 1.82) is 0 Å². The summed E-state index contributed by atoms with van der Waals surface area (Å²) in [5, 5.41) is 0.0780. The second-order valence-electron chi connectivity index (χ2n) is 5.97. The molecule has 0 bridgehead atoms. The predicted molar refractivity (Wildman–Crippen MR) is 76.7 cm³/mol. The summed E-state index contributed by atoms with van der Waals surface area (Å²) in [6, 6.07) is 0. The highest BCUT2D eigenvalue weighted by Gasteiger charge is 2.48. The van der Waals surface area contributed by atoms with Crippen molar-refractivity contribution in [3.8, 4) is 0 Å². The third-order valence-corrected chi connectivity index (χ3v) is 5.28. The molecule has 0 atom stereocenters. The summed E-state index contributed by atoms with van der Waals surface area (Å²) in [4.78, 5) is 23.9. The lowest BCUT2D eigenvalue weighted by atomic mass is 9.85. The Morgan fingerprint density at radius 2 is 1.95 bits per heavy atom. The van der Waals surface area contributed by atoms with Crippen LogP contribution in [0.25, 0.3) is 0 Å². The van der Waals surface area contributed by atoms with Gasteiger partial charge in [0.25, 0.3) is 0 Å². The molecular weight excluding hydrogens is 260 g/mol. The van der Waals surface area contributed by atoms with Gasteiger partial charge in [-0.2, -0.15) is 0 Å². The molecule has 2 rings (SSSR count). The van der Waals surface area contributed by atoms with E-state index in [0.29, 0.717) is 17.8 Å². The normalized spacial score (nSPS) is 22.4. The van der Waals surface area contributed by atoms with E-state index in [1.54, 1.807) is 6.92 Å². The van der Waals surface area contributed by atoms with Gasteiger partial charge in [-0.3, -0.25) is 9.59 Å². The summed E-state index contributed by atoms with van der Waals surface area (Å²) in [5.74, 6) is 0.734. The molecule has 1 aliphatic heterocycles. The Morgan fingerprint density at radius 1 is 1.32 bits per heavy atom. The number of ether oxygens (including phenoxy) is 1. The van der Waals surface area contributed by atoms with Crippen LogP contribution in [0.15, 0.2) is 11.3 Å². The highest BCUT2D eigenvalue weighted by molar-refractivity contribution is 8.15. The lowest BCUT2D eigenvalue weighted by Crippen LogP contribution is -2.30. The fraction of sp³-hybridized carbons (Fsp3) is 0.733. The summed E-state index contributed by atoms with van der Waals surface area (Å²) in [6.45, 7) is 5.78. The molecule has 1 heterocycles. The third kappa shape index (κ3) is 3.04. The minimum Gasteiger partial charge on any atom is -0.429 e. The highest BCUT2D eigenvalue weighted by Crippen LogP contribution is 2.52. The van der Waals surface area contributed by atoms with E-state index < -0.39 is 0 Å². The minimum absolute atomic E-state index is 0.0780. The van der Waals surface area contributed by atoms with E-state index in [2.05, 4.69) is 0 Å². The zero-order chi connectivity index (χ0) is 14.0. The van der Waals surface area contributed by atoms with Crippen molar-refractivity contribution in [3.63, 3.8) is 0 Å². The van der Waals surface area contributed by atoms with Crippen molar-refractivity contribution in [2.24, 2.45) is 5.92 Å². The number of hydrogen-bond acceptors (Lipinski definition) is 4. The fourth-order valence-electron chi connectivity index (χ4n) is 2.85. The van der Waals surface area contributed by atoms with E-state index >= 15 is 0 Å². The summed E-state index contributed by atoms with van der Waals surface area (Å²) in [5.41, 5.74) is 0.643. The second kappa shape index (κ2) is 5.70. The van der Waals surface area contributed by atoms with Gasteiger partial charge in [0.15, 0.2) is 0 Å². The van der Waals surface area contributed by atoms with Crippen molar-refractivity contribution >= 4 is 22.8 Å². The maximum atomic E-state index is 12.0. The van der Waals surface area contributed by atoms with Crippen LogP contribution in [0.1, 0.15) is 59.3 Å². The standard InChI is InChI=1S/C15H22O3S/c1-10(2)9-12(16)18-13-11(3)14(17)19-15(13)7-5-4-6-8-15/h10H,4-9H2,1-3H3.